The van der Waals surface area contributed by atoms with E-state index in [1.165, 1.54) is 0 Å². The Balaban J connectivity index is 0.00000312. The van der Waals surface area contributed by atoms with E-state index in [1.807, 2.05) is 4.90 Å². The Kier molecular flexibility index (Phi) is 10.5. The molecular weight excluding hydrogens is 387 g/mol. The molecule has 1 aliphatic rings. The van der Waals surface area contributed by atoms with Gasteiger partial charge in [-0.25, -0.2) is 0 Å². The first-order valence-electron chi connectivity index (χ1n) is 8.27. The number of benzene rings is 1. The molecule has 1 fully saturated rings. The maximum absolute atomic E-state index is 12.2. The summed E-state index contributed by atoms with van der Waals surface area (Å²) in [6.07, 6.45) is 3.20. The second kappa shape index (κ2) is 11.8. The molecule has 5 nitrogen and oxygen atoms in total. The van der Waals surface area contributed by atoms with Gasteiger partial charge in [0, 0.05) is 24.7 Å². The van der Waals surface area contributed by atoms with Crippen LogP contribution in [0.15, 0.2) is 18.2 Å². The Morgan fingerprint density at radius 1 is 1.24 bits per heavy atom. The molecule has 2 N–H and O–H groups in total. The molecule has 0 bridgehead atoms. The van der Waals surface area contributed by atoms with Crippen molar-refractivity contribution in [2.45, 2.75) is 31.8 Å². The molecule has 1 aromatic rings. The third-order valence-electron chi connectivity index (χ3n) is 3.96. The first-order valence-corrected chi connectivity index (χ1v) is 9.03. The molecule has 1 aliphatic heterocycles. The van der Waals surface area contributed by atoms with Gasteiger partial charge >= 0.3 is 0 Å². The zero-order valence-corrected chi connectivity index (χ0v) is 16.4. The summed E-state index contributed by atoms with van der Waals surface area (Å²) in [6, 6.07) is 5.04. The van der Waals surface area contributed by atoms with Crippen LogP contribution in [-0.4, -0.2) is 49.8 Å². The minimum Gasteiger partial charge on any atom is -0.491 e. The van der Waals surface area contributed by atoms with E-state index in [2.05, 4.69) is 0 Å². The van der Waals surface area contributed by atoms with E-state index in [4.69, 9.17) is 38.4 Å². The molecule has 0 atom stereocenters. The number of halogens is 3. The van der Waals surface area contributed by atoms with Crippen LogP contribution in [0.1, 0.15) is 25.7 Å². The van der Waals surface area contributed by atoms with E-state index in [0.29, 0.717) is 42.0 Å². The summed E-state index contributed by atoms with van der Waals surface area (Å²) in [4.78, 5) is 14.1. The highest BCUT2D eigenvalue weighted by atomic mass is 35.5. The minimum absolute atomic E-state index is 0. The van der Waals surface area contributed by atoms with Crippen molar-refractivity contribution in [2.75, 3.05) is 32.8 Å². The Labute approximate surface area is 165 Å². The van der Waals surface area contributed by atoms with Crippen LogP contribution in [0.4, 0.5) is 0 Å². The lowest BCUT2D eigenvalue weighted by atomic mass is 10.1. The number of likely N-dealkylation sites (tertiary alicyclic amines) is 1. The summed E-state index contributed by atoms with van der Waals surface area (Å²) < 4.78 is 11.3. The second-order valence-electron chi connectivity index (χ2n) is 5.77. The number of rotatable bonds is 8. The first-order chi connectivity index (χ1) is 11.6. The molecule has 0 saturated carbocycles. The van der Waals surface area contributed by atoms with Gasteiger partial charge in [-0.2, -0.15) is 0 Å². The van der Waals surface area contributed by atoms with Gasteiger partial charge in [0.1, 0.15) is 5.75 Å². The number of nitrogens with two attached hydrogens (primary N) is 1. The third kappa shape index (κ3) is 7.59. The zero-order chi connectivity index (χ0) is 17.4. The topological polar surface area (TPSA) is 64.8 Å². The van der Waals surface area contributed by atoms with E-state index in [9.17, 15) is 4.79 Å². The molecule has 1 heterocycles. The highest BCUT2D eigenvalue weighted by molar-refractivity contribution is 6.35. The predicted molar refractivity (Wildman–Crippen MR) is 103 cm³/mol. The lowest BCUT2D eigenvalue weighted by Crippen LogP contribution is -2.41. The van der Waals surface area contributed by atoms with Gasteiger partial charge < -0.3 is 20.1 Å². The number of nitrogens with zero attached hydrogens (tertiary/aromatic N) is 1. The van der Waals surface area contributed by atoms with E-state index in [-0.39, 0.29) is 24.4 Å². The average Bonchev–Trinajstić information content (AvgIpc) is 2.57. The zero-order valence-electron chi connectivity index (χ0n) is 14.1. The van der Waals surface area contributed by atoms with Crippen molar-refractivity contribution in [1.82, 2.24) is 4.90 Å². The van der Waals surface area contributed by atoms with Crippen LogP contribution in [0.5, 0.6) is 5.75 Å². The second-order valence-corrected chi connectivity index (χ2v) is 6.61. The van der Waals surface area contributed by atoms with Gasteiger partial charge in [-0.05, 0) is 44.0 Å². The van der Waals surface area contributed by atoms with Crippen molar-refractivity contribution in [3.8, 4) is 5.75 Å². The standard InChI is InChI=1S/C17H24Cl2N2O3.ClH/c18-13-2-3-16(15(19)12-13)24-11-6-17(22)21-8-4-14(5-9-21)23-10-1-7-20;/h2-3,12,14H,1,4-11,20H2;1H. The maximum atomic E-state index is 12.2. The van der Waals surface area contributed by atoms with Crippen LogP contribution >= 0.6 is 35.6 Å². The van der Waals surface area contributed by atoms with Crippen LogP contribution in [-0.2, 0) is 9.53 Å². The van der Waals surface area contributed by atoms with Crippen LogP contribution in [0, 0.1) is 0 Å². The highest BCUT2D eigenvalue weighted by Crippen LogP contribution is 2.27. The van der Waals surface area contributed by atoms with Gasteiger partial charge in [0.05, 0.1) is 24.2 Å². The van der Waals surface area contributed by atoms with Gasteiger partial charge in [-0.3, -0.25) is 4.79 Å². The van der Waals surface area contributed by atoms with Crippen LogP contribution in [0.25, 0.3) is 0 Å². The molecule has 1 saturated heterocycles. The first kappa shape index (κ1) is 22.3. The molecule has 0 aliphatic carbocycles. The van der Waals surface area contributed by atoms with Gasteiger partial charge in [0.25, 0.3) is 0 Å². The van der Waals surface area contributed by atoms with E-state index in [0.717, 1.165) is 32.4 Å². The highest BCUT2D eigenvalue weighted by Gasteiger charge is 2.22. The molecule has 25 heavy (non-hydrogen) atoms. The molecule has 8 heteroatoms. The number of hydrogen-bond donors (Lipinski definition) is 1. The van der Waals surface area contributed by atoms with Crippen molar-refractivity contribution in [2.24, 2.45) is 5.73 Å². The monoisotopic (exact) mass is 410 g/mol. The van der Waals surface area contributed by atoms with Crippen molar-refractivity contribution < 1.29 is 14.3 Å². The predicted octanol–water partition coefficient (Wildman–Crippen LogP) is 3.54. The Bertz CT molecular complexity index is 538. The van der Waals surface area contributed by atoms with Crippen LogP contribution < -0.4 is 10.5 Å². The SMILES string of the molecule is Cl.NCCCOC1CCN(C(=O)CCOc2ccc(Cl)cc2Cl)CC1. The fourth-order valence-corrected chi connectivity index (χ4v) is 3.07. The van der Waals surface area contributed by atoms with Crippen molar-refractivity contribution >= 4 is 41.5 Å². The maximum Gasteiger partial charge on any atom is 0.226 e. The molecule has 0 spiro atoms. The largest absolute Gasteiger partial charge is 0.491 e. The molecule has 142 valence electrons. The average molecular weight is 412 g/mol. The van der Waals surface area contributed by atoms with E-state index >= 15 is 0 Å². The Morgan fingerprint density at radius 3 is 2.60 bits per heavy atom. The van der Waals surface area contributed by atoms with Crippen LogP contribution in [0.3, 0.4) is 0 Å². The number of piperidine rings is 1. The van der Waals surface area contributed by atoms with E-state index < -0.39 is 0 Å². The molecule has 0 unspecified atom stereocenters. The van der Waals surface area contributed by atoms with Gasteiger partial charge in [0.2, 0.25) is 5.91 Å². The summed E-state index contributed by atoms with van der Waals surface area (Å²) >= 11 is 11.9. The quantitative estimate of drug-likeness (QED) is 0.665. The number of carbonyl (C=O) groups excluding carboxylic acids is 1. The fourth-order valence-electron chi connectivity index (χ4n) is 2.60. The number of amides is 1. The molecular formula is C17H25Cl3N2O3. The van der Waals surface area contributed by atoms with Gasteiger partial charge in [-0.1, -0.05) is 23.2 Å². The Morgan fingerprint density at radius 2 is 1.96 bits per heavy atom. The van der Waals surface area contributed by atoms with Gasteiger partial charge in [-0.15, -0.1) is 12.4 Å². The number of carbonyl (C=O) groups is 1. The molecule has 0 radical (unpaired) electrons. The summed E-state index contributed by atoms with van der Waals surface area (Å²) in [5.74, 6) is 0.640. The summed E-state index contributed by atoms with van der Waals surface area (Å²) in [5, 5.41) is 1.00. The smallest absolute Gasteiger partial charge is 0.226 e. The normalized spacial score (nSPS) is 14.9. The fraction of sp³-hybridized carbons (Fsp3) is 0.588. The lowest BCUT2D eigenvalue weighted by molar-refractivity contribution is -0.134. The lowest BCUT2D eigenvalue weighted by Gasteiger charge is -2.32. The molecule has 1 aromatic carbocycles. The minimum atomic E-state index is 0. The van der Waals surface area contributed by atoms with Crippen LogP contribution in [0.2, 0.25) is 10.0 Å². The van der Waals surface area contributed by atoms with Crippen molar-refractivity contribution in [3.05, 3.63) is 28.2 Å². The third-order valence-corrected chi connectivity index (χ3v) is 4.49. The van der Waals surface area contributed by atoms with Crippen molar-refractivity contribution in [1.29, 1.82) is 0 Å². The summed E-state index contributed by atoms with van der Waals surface area (Å²) in [6.45, 7) is 3.11. The summed E-state index contributed by atoms with van der Waals surface area (Å²) in [5.41, 5.74) is 5.45. The molecule has 0 aromatic heterocycles. The summed E-state index contributed by atoms with van der Waals surface area (Å²) in [7, 11) is 0. The number of ether oxygens (including phenoxy) is 2. The van der Waals surface area contributed by atoms with Gasteiger partial charge in [0.15, 0.2) is 0 Å². The van der Waals surface area contributed by atoms with E-state index in [1.54, 1.807) is 18.2 Å². The molecule has 1 amide bonds. The van der Waals surface area contributed by atoms with Crippen molar-refractivity contribution in [3.63, 3.8) is 0 Å². The Hall–Kier alpha value is -0.720. The number of hydrogen-bond acceptors (Lipinski definition) is 4. The molecule has 2 rings (SSSR count).